The zero-order valence-electron chi connectivity index (χ0n) is 29.0. The molecule has 4 aliphatic heterocycles. The van der Waals surface area contributed by atoms with Crippen LogP contribution in [0.2, 0.25) is 0 Å². The van der Waals surface area contributed by atoms with Gasteiger partial charge in [-0.15, -0.1) is 0 Å². The Hall–Kier alpha value is -4.13. The summed E-state index contributed by atoms with van der Waals surface area (Å²) in [6.45, 7) is 5.60. The molecule has 0 radical (unpaired) electrons. The number of imide groups is 1. The molecule has 0 aromatic heterocycles. The third-order valence-corrected chi connectivity index (χ3v) is 10.6. The molecule has 4 aliphatic rings. The van der Waals surface area contributed by atoms with Gasteiger partial charge in [0.15, 0.2) is 6.29 Å². The van der Waals surface area contributed by atoms with Crippen molar-refractivity contribution in [3.05, 3.63) is 107 Å². The molecule has 0 aliphatic carbocycles. The molecule has 7 rings (SSSR count). The molecular weight excluding hydrogens is 648 g/mol. The number of hydrogen-bond acceptors (Lipinski definition) is 9. The third-order valence-electron chi connectivity index (χ3n) is 10.6. The van der Waals surface area contributed by atoms with Crippen LogP contribution in [0, 0.1) is 0 Å². The number of alkyl carbamates (subject to hydrolysis) is 1. The van der Waals surface area contributed by atoms with Crippen LogP contribution in [0.15, 0.2) is 78.9 Å². The Bertz CT molecular complexity index is 1630. The van der Waals surface area contributed by atoms with Crippen LogP contribution in [-0.4, -0.2) is 88.6 Å². The lowest BCUT2D eigenvalue weighted by molar-refractivity contribution is -0.253. The first kappa shape index (κ1) is 35.3. The number of ether oxygens (including phenoxy) is 3. The van der Waals surface area contributed by atoms with Crippen LogP contribution in [0.3, 0.4) is 0 Å². The lowest BCUT2D eigenvalue weighted by atomic mass is 9.99. The van der Waals surface area contributed by atoms with Crippen molar-refractivity contribution in [2.75, 3.05) is 32.7 Å². The second-order valence-electron chi connectivity index (χ2n) is 14.2. The minimum absolute atomic E-state index is 0.00698. The average Bonchev–Trinajstić information content (AvgIpc) is 3.90. The fourth-order valence-corrected chi connectivity index (χ4v) is 7.73. The maximum absolute atomic E-state index is 13.1. The van der Waals surface area contributed by atoms with E-state index in [2.05, 4.69) is 15.1 Å². The van der Waals surface area contributed by atoms with E-state index in [-0.39, 0.29) is 44.3 Å². The minimum atomic E-state index is -0.963. The Balaban J connectivity index is 0.987. The molecule has 0 bridgehead atoms. The summed E-state index contributed by atoms with van der Waals surface area (Å²) in [5, 5.41) is 12.1. The molecule has 4 heterocycles. The van der Waals surface area contributed by atoms with Gasteiger partial charge in [0.2, 0.25) is 5.91 Å². The maximum atomic E-state index is 13.1. The fraction of sp³-hybridized carbons (Fsp3) is 0.475. The van der Waals surface area contributed by atoms with Crippen LogP contribution in [0.4, 0.5) is 4.79 Å². The fourth-order valence-electron chi connectivity index (χ4n) is 7.73. The molecule has 0 spiro atoms. The van der Waals surface area contributed by atoms with E-state index in [1.807, 2.05) is 78.9 Å². The highest BCUT2D eigenvalue weighted by Crippen LogP contribution is 2.39. The van der Waals surface area contributed by atoms with Crippen LogP contribution in [0.5, 0.6) is 0 Å². The van der Waals surface area contributed by atoms with E-state index in [1.165, 1.54) is 43.7 Å². The molecule has 3 aromatic rings. The topological polar surface area (TPSA) is 121 Å². The van der Waals surface area contributed by atoms with Gasteiger partial charge in [0.05, 0.1) is 31.8 Å². The average molecular weight is 697 g/mol. The molecule has 3 aromatic carbocycles. The summed E-state index contributed by atoms with van der Waals surface area (Å²) in [5.74, 6) is -0.804. The van der Waals surface area contributed by atoms with E-state index < -0.39 is 24.3 Å². The van der Waals surface area contributed by atoms with Gasteiger partial charge < -0.3 is 29.5 Å². The highest BCUT2D eigenvalue weighted by Gasteiger charge is 2.40. The molecule has 4 saturated heterocycles. The standard InChI is InChI=1S/C40H48N4O7/c45-26-29-12-14-31(15-13-29)36-21-34(25-43-20-6-9-33(43)24-42-18-4-5-19-42)50-39(51-36)32-16-10-28(11-17-32)23-44-37(46)22-35(38(44)47)41-40(48)49-27-30-7-2-1-3-8-30/h1-3,7-8,10-17,33-36,39,45H,4-6,9,18-27H2,(H,41,48). The number of carbonyl (C=O) groups excluding carboxylic acids is 3. The first-order valence-electron chi connectivity index (χ1n) is 18.3. The monoisotopic (exact) mass is 696 g/mol. The summed E-state index contributed by atoms with van der Waals surface area (Å²) >= 11 is 0. The molecule has 3 amide bonds. The molecule has 11 nitrogen and oxygen atoms in total. The number of rotatable bonds is 12. The van der Waals surface area contributed by atoms with Gasteiger partial charge in [0.25, 0.3) is 5.91 Å². The smallest absolute Gasteiger partial charge is 0.408 e. The van der Waals surface area contributed by atoms with Crippen molar-refractivity contribution < 1.29 is 33.7 Å². The van der Waals surface area contributed by atoms with Crippen LogP contribution in [0.1, 0.15) is 78.7 Å². The number of amides is 3. The Labute approximate surface area is 299 Å². The lowest BCUT2D eigenvalue weighted by Crippen LogP contribution is -2.45. The highest BCUT2D eigenvalue weighted by atomic mass is 16.7. The van der Waals surface area contributed by atoms with E-state index in [0.717, 1.165) is 53.9 Å². The summed E-state index contributed by atoms with van der Waals surface area (Å²) in [6.07, 6.45) is 4.08. The van der Waals surface area contributed by atoms with Crippen molar-refractivity contribution in [3.8, 4) is 0 Å². The van der Waals surface area contributed by atoms with E-state index in [4.69, 9.17) is 14.2 Å². The van der Waals surface area contributed by atoms with Crippen molar-refractivity contribution >= 4 is 17.9 Å². The summed E-state index contributed by atoms with van der Waals surface area (Å²) in [6, 6.07) is 24.4. The maximum Gasteiger partial charge on any atom is 0.408 e. The first-order chi connectivity index (χ1) is 24.9. The number of nitrogens with zero attached hydrogens (tertiary/aromatic N) is 3. The Morgan fingerprint density at radius 3 is 2.29 bits per heavy atom. The summed E-state index contributed by atoms with van der Waals surface area (Å²) in [5.41, 5.74) is 4.37. The Morgan fingerprint density at radius 1 is 0.824 bits per heavy atom. The Kier molecular flexibility index (Phi) is 11.4. The second kappa shape index (κ2) is 16.5. The number of carbonyl (C=O) groups is 3. The second-order valence-corrected chi connectivity index (χ2v) is 14.2. The Morgan fingerprint density at radius 2 is 1.55 bits per heavy atom. The van der Waals surface area contributed by atoms with Crippen molar-refractivity contribution in [2.45, 2.75) is 88.9 Å². The number of likely N-dealkylation sites (tertiary alicyclic amines) is 3. The molecule has 0 saturated carbocycles. The molecule has 11 heteroatoms. The number of nitrogens with one attached hydrogen (secondary N) is 1. The number of hydrogen-bond donors (Lipinski definition) is 2. The largest absolute Gasteiger partial charge is 0.445 e. The zero-order valence-corrected chi connectivity index (χ0v) is 29.0. The molecule has 5 unspecified atom stereocenters. The van der Waals surface area contributed by atoms with E-state index in [1.54, 1.807) is 0 Å². The van der Waals surface area contributed by atoms with Gasteiger partial charge in [-0.3, -0.25) is 19.4 Å². The number of benzene rings is 3. The van der Waals surface area contributed by atoms with Crippen LogP contribution in [0.25, 0.3) is 0 Å². The number of aliphatic hydroxyl groups excluding tert-OH is 1. The summed E-state index contributed by atoms with van der Waals surface area (Å²) < 4.78 is 18.5. The summed E-state index contributed by atoms with van der Waals surface area (Å²) in [4.78, 5) is 44.7. The van der Waals surface area contributed by atoms with Gasteiger partial charge in [0.1, 0.15) is 12.6 Å². The van der Waals surface area contributed by atoms with E-state index in [9.17, 15) is 19.5 Å². The van der Waals surface area contributed by atoms with E-state index >= 15 is 0 Å². The van der Waals surface area contributed by atoms with E-state index in [0.29, 0.717) is 6.04 Å². The molecular formula is C40H48N4O7. The van der Waals surface area contributed by atoms with Crippen molar-refractivity contribution in [1.29, 1.82) is 0 Å². The van der Waals surface area contributed by atoms with Crippen LogP contribution in [-0.2, 0) is 43.6 Å². The normalized spacial score (nSPS) is 25.8. The van der Waals surface area contributed by atoms with Gasteiger partial charge in [-0.2, -0.15) is 0 Å². The van der Waals surface area contributed by atoms with Crippen molar-refractivity contribution in [3.63, 3.8) is 0 Å². The van der Waals surface area contributed by atoms with Crippen molar-refractivity contribution in [2.24, 2.45) is 0 Å². The SMILES string of the molecule is O=C(NC1CC(=O)N(Cc2ccc(C3OC(CN4CCCC4CN4CCCC4)CC(c4ccc(CO)cc4)O3)cc2)C1=O)OCc1ccccc1. The van der Waals surface area contributed by atoms with Gasteiger partial charge in [-0.1, -0.05) is 78.9 Å². The predicted octanol–water partition coefficient (Wildman–Crippen LogP) is 4.84. The van der Waals surface area contributed by atoms with Gasteiger partial charge >= 0.3 is 6.09 Å². The summed E-state index contributed by atoms with van der Waals surface area (Å²) in [7, 11) is 0. The minimum Gasteiger partial charge on any atom is -0.445 e. The van der Waals surface area contributed by atoms with Gasteiger partial charge in [0, 0.05) is 31.1 Å². The predicted molar refractivity (Wildman–Crippen MR) is 189 cm³/mol. The van der Waals surface area contributed by atoms with Gasteiger partial charge in [-0.25, -0.2) is 4.79 Å². The number of aliphatic hydroxyl groups is 1. The molecule has 270 valence electrons. The van der Waals surface area contributed by atoms with Crippen molar-refractivity contribution in [1.82, 2.24) is 20.0 Å². The molecule has 51 heavy (non-hydrogen) atoms. The lowest BCUT2D eigenvalue weighted by Gasteiger charge is -2.39. The molecule has 2 N–H and O–H groups in total. The zero-order chi connectivity index (χ0) is 35.2. The van der Waals surface area contributed by atoms with Gasteiger partial charge in [-0.05, 0) is 67.6 Å². The van der Waals surface area contributed by atoms with Crippen LogP contribution < -0.4 is 5.32 Å². The quantitative estimate of drug-likeness (QED) is 0.257. The highest BCUT2D eigenvalue weighted by molar-refractivity contribution is 6.06. The third kappa shape index (κ3) is 8.85. The first-order valence-corrected chi connectivity index (χ1v) is 18.3. The van der Waals surface area contributed by atoms with Crippen LogP contribution >= 0.6 is 0 Å². The molecule has 4 fully saturated rings. The molecule has 5 atom stereocenters.